The molecular formula is C13H11N3O. The lowest BCUT2D eigenvalue weighted by molar-refractivity contribution is 0.277. The maximum absolute atomic E-state index is 9.02. The van der Waals surface area contributed by atoms with Crippen LogP contribution in [-0.2, 0) is 6.61 Å². The van der Waals surface area contributed by atoms with Gasteiger partial charge in [0.2, 0.25) is 0 Å². The van der Waals surface area contributed by atoms with Crippen LogP contribution in [0.25, 0.3) is 16.9 Å². The van der Waals surface area contributed by atoms with Gasteiger partial charge < -0.3 is 5.11 Å². The first-order valence-electron chi connectivity index (χ1n) is 5.38. The lowest BCUT2D eigenvalue weighted by Gasteiger charge is -2.00. The second-order valence-corrected chi connectivity index (χ2v) is 3.78. The summed E-state index contributed by atoms with van der Waals surface area (Å²) < 4.78 is 1.69. The van der Waals surface area contributed by atoms with E-state index in [2.05, 4.69) is 10.1 Å². The smallest absolute Gasteiger partial charge is 0.153 e. The van der Waals surface area contributed by atoms with Gasteiger partial charge in [0.1, 0.15) is 0 Å². The maximum Gasteiger partial charge on any atom is 0.153 e. The molecule has 0 spiro atoms. The third-order valence-corrected chi connectivity index (χ3v) is 2.60. The Morgan fingerprint density at radius 1 is 1.06 bits per heavy atom. The molecule has 0 aliphatic rings. The Labute approximate surface area is 98.2 Å². The zero-order valence-electron chi connectivity index (χ0n) is 9.11. The van der Waals surface area contributed by atoms with Crippen LogP contribution >= 0.6 is 0 Å². The molecule has 2 aromatic heterocycles. The van der Waals surface area contributed by atoms with E-state index in [0.29, 0.717) is 5.69 Å². The topological polar surface area (TPSA) is 50.4 Å². The van der Waals surface area contributed by atoms with E-state index in [-0.39, 0.29) is 6.61 Å². The Kier molecular flexibility index (Phi) is 2.34. The highest BCUT2D eigenvalue weighted by molar-refractivity contribution is 5.60. The molecule has 0 radical (unpaired) electrons. The van der Waals surface area contributed by atoms with Crippen molar-refractivity contribution in [1.29, 1.82) is 0 Å². The molecule has 1 N–H and O–H groups in total. The number of hydrogen-bond donors (Lipinski definition) is 1. The largest absolute Gasteiger partial charge is 0.390 e. The Bertz CT molecular complexity index is 646. The fraction of sp³-hybridized carbons (Fsp3) is 0.0769. The van der Waals surface area contributed by atoms with Crippen LogP contribution in [0.1, 0.15) is 5.69 Å². The van der Waals surface area contributed by atoms with Crippen molar-refractivity contribution in [3.05, 3.63) is 54.4 Å². The number of rotatable bonds is 2. The molecule has 17 heavy (non-hydrogen) atoms. The molecule has 0 aliphatic carbocycles. The van der Waals surface area contributed by atoms with Crippen LogP contribution < -0.4 is 0 Å². The van der Waals surface area contributed by atoms with Gasteiger partial charge in [0.05, 0.1) is 24.2 Å². The van der Waals surface area contributed by atoms with Crippen molar-refractivity contribution in [3.8, 4) is 11.3 Å². The van der Waals surface area contributed by atoms with Crippen molar-refractivity contribution in [2.75, 3.05) is 0 Å². The van der Waals surface area contributed by atoms with Crippen LogP contribution in [0.3, 0.4) is 0 Å². The summed E-state index contributed by atoms with van der Waals surface area (Å²) in [6.07, 6.45) is 1.74. The Balaban J connectivity index is 2.13. The standard InChI is InChI=1S/C13H11N3O/c17-9-11-8-16-13(14-11)7-6-12(15-16)10-4-2-1-3-5-10/h1-8,17H,9H2. The summed E-state index contributed by atoms with van der Waals surface area (Å²) in [4.78, 5) is 4.22. The van der Waals surface area contributed by atoms with Crippen LogP contribution in [0.5, 0.6) is 0 Å². The molecule has 4 heteroatoms. The third kappa shape index (κ3) is 1.79. The molecule has 0 unspecified atom stereocenters. The van der Waals surface area contributed by atoms with Gasteiger partial charge in [-0.15, -0.1) is 0 Å². The summed E-state index contributed by atoms with van der Waals surface area (Å²) >= 11 is 0. The van der Waals surface area contributed by atoms with Crippen LogP contribution in [0.4, 0.5) is 0 Å². The number of benzene rings is 1. The zero-order chi connectivity index (χ0) is 11.7. The van der Waals surface area contributed by atoms with Crippen LogP contribution in [0.15, 0.2) is 48.7 Å². The lowest BCUT2D eigenvalue weighted by Crippen LogP contribution is -1.92. The molecule has 84 valence electrons. The predicted octanol–water partition coefficient (Wildman–Crippen LogP) is 1.89. The highest BCUT2D eigenvalue weighted by Gasteiger charge is 2.03. The van der Waals surface area contributed by atoms with Gasteiger partial charge in [-0.1, -0.05) is 30.3 Å². The summed E-state index contributed by atoms with van der Waals surface area (Å²) in [5.41, 5.74) is 3.32. The van der Waals surface area contributed by atoms with E-state index < -0.39 is 0 Å². The molecule has 0 aliphatic heterocycles. The van der Waals surface area contributed by atoms with Gasteiger partial charge in [0, 0.05) is 5.56 Å². The molecule has 1 aromatic carbocycles. The molecular weight excluding hydrogens is 214 g/mol. The fourth-order valence-electron chi connectivity index (χ4n) is 1.77. The average Bonchev–Trinajstić information content (AvgIpc) is 2.81. The van der Waals surface area contributed by atoms with E-state index in [0.717, 1.165) is 16.9 Å². The molecule has 0 amide bonds. The van der Waals surface area contributed by atoms with Crippen molar-refractivity contribution in [1.82, 2.24) is 14.6 Å². The molecule has 0 saturated carbocycles. The van der Waals surface area contributed by atoms with E-state index >= 15 is 0 Å². The number of aliphatic hydroxyl groups is 1. The number of aliphatic hydroxyl groups excluding tert-OH is 1. The van der Waals surface area contributed by atoms with E-state index in [1.54, 1.807) is 10.7 Å². The van der Waals surface area contributed by atoms with Crippen LogP contribution in [-0.4, -0.2) is 19.7 Å². The lowest BCUT2D eigenvalue weighted by atomic mass is 10.1. The van der Waals surface area contributed by atoms with Crippen LogP contribution in [0, 0.1) is 0 Å². The van der Waals surface area contributed by atoms with Crippen molar-refractivity contribution in [2.24, 2.45) is 0 Å². The Hall–Kier alpha value is -2.20. The number of hydrogen-bond acceptors (Lipinski definition) is 3. The van der Waals surface area contributed by atoms with Gasteiger partial charge >= 0.3 is 0 Å². The van der Waals surface area contributed by atoms with Gasteiger partial charge in [0.25, 0.3) is 0 Å². The fourth-order valence-corrected chi connectivity index (χ4v) is 1.77. The molecule has 4 nitrogen and oxygen atoms in total. The van der Waals surface area contributed by atoms with Gasteiger partial charge in [-0.2, -0.15) is 5.10 Å². The predicted molar refractivity (Wildman–Crippen MR) is 64.3 cm³/mol. The monoisotopic (exact) mass is 225 g/mol. The van der Waals surface area contributed by atoms with Crippen molar-refractivity contribution < 1.29 is 5.11 Å². The second kappa shape index (κ2) is 3.99. The van der Waals surface area contributed by atoms with Gasteiger partial charge in [-0.25, -0.2) is 9.50 Å². The SMILES string of the molecule is OCc1cn2nc(-c3ccccc3)ccc2n1. The number of aromatic nitrogens is 3. The first kappa shape index (κ1) is 9.99. The van der Waals surface area contributed by atoms with Crippen molar-refractivity contribution in [3.63, 3.8) is 0 Å². The summed E-state index contributed by atoms with van der Waals surface area (Å²) in [6.45, 7) is -0.0654. The van der Waals surface area contributed by atoms with Crippen molar-refractivity contribution in [2.45, 2.75) is 6.61 Å². The molecule has 3 rings (SSSR count). The highest BCUT2D eigenvalue weighted by Crippen LogP contribution is 2.16. The molecule has 3 aromatic rings. The van der Waals surface area contributed by atoms with Crippen LogP contribution in [0.2, 0.25) is 0 Å². The minimum atomic E-state index is -0.0654. The normalized spacial score (nSPS) is 10.9. The highest BCUT2D eigenvalue weighted by atomic mass is 16.3. The first-order valence-corrected chi connectivity index (χ1v) is 5.38. The summed E-state index contributed by atoms with van der Waals surface area (Å²) in [5.74, 6) is 0. The quantitative estimate of drug-likeness (QED) is 0.724. The molecule has 0 fully saturated rings. The average molecular weight is 225 g/mol. The minimum absolute atomic E-state index is 0.0654. The minimum Gasteiger partial charge on any atom is -0.390 e. The number of imidazole rings is 1. The summed E-state index contributed by atoms with van der Waals surface area (Å²) in [7, 11) is 0. The van der Waals surface area contributed by atoms with E-state index in [4.69, 9.17) is 5.11 Å². The molecule has 0 bridgehead atoms. The molecule has 2 heterocycles. The van der Waals surface area contributed by atoms with Crippen molar-refractivity contribution >= 4 is 5.65 Å². The summed E-state index contributed by atoms with van der Waals surface area (Å²) in [6, 6.07) is 13.8. The van der Waals surface area contributed by atoms with E-state index in [1.807, 2.05) is 42.5 Å². The van der Waals surface area contributed by atoms with E-state index in [1.165, 1.54) is 0 Å². The molecule has 0 saturated heterocycles. The maximum atomic E-state index is 9.02. The van der Waals surface area contributed by atoms with Gasteiger partial charge in [-0.3, -0.25) is 0 Å². The Morgan fingerprint density at radius 2 is 1.88 bits per heavy atom. The number of fused-ring (bicyclic) bond motifs is 1. The van der Waals surface area contributed by atoms with Gasteiger partial charge in [-0.05, 0) is 12.1 Å². The second-order valence-electron chi connectivity index (χ2n) is 3.78. The Morgan fingerprint density at radius 3 is 2.65 bits per heavy atom. The summed E-state index contributed by atoms with van der Waals surface area (Å²) in [5, 5.41) is 13.5. The number of nitrogens with zero attached hydrogens (tertiary/aromatic N) is 3. The zero-order valence-corrected chi connectivity index (χ0v) is 9.11. The first-order chi connectivity index (χ1) is 8.36. The van der Waals surface area contributed by atoms with Gasteiger partial charge in [0.15, 0.2) is 5.65 Å². The molecule has 0 atom stereocenters. The van der Waals surface area contributed by atoms with E-state index in [9.17, 15) is 0 Å². The third-order valence-electron chi connectivity index (χ3n) is 2.60.